The van der Waals surface area contributed by atoms with Crippen molar-refractivity contribution in [2.24, 2.45) is 17.1 Å². The molecule has 4 atom stereocenters. The molecule has 1 heterocycles. The van der Waals surface area contributed by atoms with Crippen LogP contribution < -0.4 is 5.73 Å². The summed E-state index contributed by atoms with van der Waals surface area (Å²) in [6, 6.07) is 0. The van der Waals surface area contributed by atoms with Crippen LogP contribution in [-0.4, -0.2) is 29.5 Å². The minimum Gasteiger partial charge on any atom is -0.391 e. The number of ether oxygens (including phenoxy) is 1. The van der Waals surface area contributed by atoms with Crippen molar-refractivity contribution in [2.75, 3.05) is 6.61 Å². The Morgan fingerprint density at radius 2 is 1.93 bits per heavy atom. The molecule has 0 aliphatic carbocycles. The molecule has 3 heteroatoms. The second-order valence-corrected chi connectivity index (χ2v) is 5.91. The molecular weight excluding hydrogens is 178 g/mol. The standard InChI is InChI=1S/C11H23NO2/c1-7-8(13)11(5,12)6-14-9(7)10(2,3)4/h7-9,13H,6,12H2,1-5H3. The number of hydrogen-bond donors (Lipinski definition) is 2. The van der Waals surface area contributed by atoms with Crippen molar-refractivity contribution < 1.29 is 9.84 Å². The van der Waals surface area contributed by atoms with Gasteiger partial charge in [-0.1, -0.05) is 27.7 Å². The predicted octanol–water partition coefficient (Wildman–Crippen LogP) is 1.15. The van der Waals surface area contributed by atoms with Crippen LogP contribution >= 0.6 is 0 Å². The maximum atomic E-state index is 10.0. The van der Waals surface area contributed by atoms with E-state index in [9.17, 15) is 5.11 Å². The average molecular weight is 201 g/mol. The maximum absolute atomic E-state index is 10.0. The van der Waals surface area contributed by atoms with Crippen LogP contribution in [0.5, 0.6) is 0 Å². The zero-order chi connectivity index (χ0) is 11.1. The average Bonchev–Trinajstić information content (AvgIpc) is 1.97. The lowest BCUT2D eigenvalue weighted by atomic mass is 9.73. The second kappa shape index (κ2) is 3.47. The first kappa shape index (κ1) is 12.0. The van der Waals surface area contributed by atoms with E-state index in [1.807, 2.05) is 13.8 Å². The van der Waals surface area contributed by atoms with Gasteiger partial charge in [0.15, 0.2) is 0 Å². The summed E-state index contributed by atoms with van der Waals surface area (Å²) in [6.45, 7) is 10.7. The Hall–Kier alpha value is -0.120. The van der Waals surface area contributed by atoms with E-state index in [-0.39, 0.29) is 17.4 Å². The third kappa shape index (κ3) is 2.10. The third-order valence-electron chi connectivity index (χ3n) is 3.08. The highest BCUT2D eigenvalue weighted by Crippen LogP contribution is 2.36. The highest BCUT2D eigenvalue weighted by atomic mass is 16.5. The molecule has 84 valence electrons. The van der Waals surface area contributed by atoms with E-state index in [1.54, 1.807) is 0 Å². The van der Waals surface area contributed by atoms with E-state index >= 15 is 0 Å². The summed E-state index contributed by atoms with van der Waals surface area (Å²) in [7, 11) is 0. The Morgan fingerprint density at radius 3 is 2.36 bits per heavy atom. The van der Waals surface area contributed by atoms with Crippen LogP contribution in [-0.2, 0) is 4.74 Å². The summed E-state index contributed by atoms with van der Waals surface area (Å²) in [4.78, 5) is 0. The summed E-state index contributed by atoms with van der Waals surface area (Å²) in [5, 5.41) is 10.0. The lowest BCUT2D eigenvalue weighted by Gasteiger charge is -2.47. The molecule has 1 fully saturated rings. The normalized spacial score (nSPS) is 45.2. The van der Waals surface area contributed by atoms with Gasteiger partial charge in [0.1, 0.15) is 0 Å². The van der Waals surface area contributed by atoms with Gasteiger partial charge in [-0.2, -0.15) is 0 Å². The van der Waals surface area contributed by atoms with Crippen molar-refractivity contribution in [2.45, 2.75) is 52.4 Å². The molecule has 0 amide bonds. The summed E-state index contributed by atoms with van der Waals surface area (Å²) < 4.78 is 5.76. The van der Waals surface area contributed by atoms with Gasteiger partial charge < -0.3 is 15.6 Å². The molecule has 1 saturated heterocycles. The second-order valence-electron chi connectivity index (χ2n) is 5.91. The van der Waals surface area contributed by atoms with Crippen LogP contribution in [0.25, 0.3) is 0 Å². The Labute approximate surface area is 86.6 Å². The van der Waals surface area contributed by atoms with E-state index in [4.69, 9.17) is 10.5 Å². The minimum absolute atomic E-state index is 0.0525. The lowest BCUT2D eigenvalue weighted by Crippen LogP contribution is -2.63. The van der Waals surface area contributed by atoms with E-state index in [0.717, 1.165) is 0 Å². The van der Waals surface area contributed by atoms with Crippen LogP contribution in [0, 0.1) is 11.3 Å². The Kier molecular flexibility index (Phi) is 2.96. The Bertz CT molecular complexity index is 208. The van der Waals surface area contributed by atoms with Gasteiger partial charge in [-0.3, -0.25) is 0 Å². The quantitative estimate of drug-likeness (QED) is 0.618. The molecule has 1 aliphatic heterocycles. The van der Waals surface area contributed by atoms with Gasteiger partial charge in [-0.05, 0) is 12.3 Å². The van der Waals surface area contributed by atoms with Crippen LogP contribution in [0.4, 0.5) is 0 Å². The molecular formula is C11H23NO2. The molecule has 0 aromatic heterocycles. The lowest BCUT2D eigenvalue weighted by molar-refractivity contribution is -0.161. The smallest absolute Gasteiger partial charge is 0.0789 e. The van der Waals surface area contributed by atoms with Crippen LogP contribution in [0.1, 0.15) is 34.6 Å². The first-order valence-electron chi connectivity index (χ1n) is 5.25. The molecule has 0 aromatic rings. The highest BCUT2D eigenvalue weighted by Gasteiger charge is 2.46. The van der Waals surface area contributed by atoms with E-state index < -0.39 is 11.6 Å². The van der Waals surface area contributed by atoms with E-state index in [0.29, 0.717) is 6.61 Å². The number of hydrogen-bond acceptors (Lipinski definition) is 3. The Balaban J connectivity index is 2.80. The van der Waals surface area contributed by atoms with Crippen molar-refractivity contribution in [3.05, 3.63) is 0 Å². The first-order valence-corrected chi connectivity index (χ1v) is 5.25. The molecule has 14 heavy (non-hydrogen) atoms. The van der Waals surface area contributed by atoms with E-state index in [1.165, 1.54) is 0 Å². The molecule has 0 bridgehead atoms. The first-order chi connectivity index (χ1) is 6.16. The largest absolute Gasteiger partial charge is 0.391 e. The SMILES string of the molecule is CC1C(C(C)(C)C)OCC(C)(N)C1O. The number of aliphatic hydroxyl groups is 1. The maximum Gasteiger partial charge on any atom is 0.0789 e. The molecule has 1 rings (SSSR count). The zero-order valence-corrected chi connectivity index (χ0v) is 9.87. The molecule has 3 nitrogen and oxygen atoms in total. The van der Waals surface area contributed by atoms with Gasteiger partial charge >= 0.3 is 0 Å². The van der Waals surface area contributed by atoms with Crippen molar-refractivity contribution >= 4 is 0 Å². The molecule has 3 N–H and O–H groups in total. The summed E-state index contributed by atoms with van der Waals surface area (Å²) >= 11 is 0. The van der Waals surface area contributed by atoms with Crippen molar-refractivity contribution in [1.82, 2.24) is 0 Å². The van der Waals surface area contributed by atoms with Gasteiger partial charge in [0.25, 0.3) is 0 Å². The van der Waals surface area contributed by atoms with Crippen LogP contribution in [0.3, 0.4) is 0 Å². The summed E-state index contributed by atoms with van der Waals surface area (Å²) in [5.41, 5.74) is 5.38. The molecule has 0 saturated carbocycles. The molecule has 0 spiro atoms. The van der Waals surface area contributed by atoms with Crippen molar-refractivity contribution in [3.63, 3.8) is 0 Å². The number of rotatable bonds is 0. The number of nitrogens with two attached hydrogens (primary N) is 1. The molecule has 0 aromatic carbocycles. The monoisotopic (exact) mass is 201 g/mol. The fourth-order valence-electron chi connectivity index (χ4n) is 2.31. The fourth-order valence-corrected chi connectivity index (χ4v) is 2.31. The summed E-state index contributed by atoms with van der Waals surface area (Å²) in [6.07, 6.45) is -0.408. The van der Waals surface area contributed by atoms with Gasteiger partial charge in [0.2, 0.25) is 0 Å². The van der Waals surface area contributed by atoms with Crippen molar-refractivity contribution in [1.29, 1.82) is 0 Å². The van der Waals surface area contributed by atoms with Gasteiger partial charge in [-0.25, -0.2) is 0 Å². The van der Waals surface area contributed by atoms with Gasteiger partial charge in [-0.15, -0.1) is 0 Å². The molecule has 0 radical (unpaired) electrons. The minimum atomic E-state index is -0.610. The van der Waals surface area contributed by atoms with Gasteiger partial charge in [0.05, 0.1) is 24.4 Å². The molecule has 1 aliphatic rings. The Morgan fingerprint density at radius 1 is 1.43 bits per heavy atom. The summed E-state index contributed by atoms with van der Waals surface area (Å²) in [5.74, 6) is 0.0822. The fraction of sp³-hybridized carbons (Fsp3) is 1.00. The number of aliphatic hydroxyl groups excluding tert-OH is 1. The van der Waals surface area contributed by atoms with Gasteiger partial charge in [0, 0.05) is 5.92 Å². The van der Waals surface area contributed by atoms with Crippen LogP contribution in [0.2, 0.25) is 0 Å². The zero-order valence-electron chi connectivity index (χ0n) is 9.87. The van der Waals surface area contributed by atoms with Crippen molar-refractivity contribution in [3.8, 4) is 0 Å². The third-order valence-corrected chi connectivity index (χ3v) is 3.08. The van der Waals surface area contributed by atoms with E-state index in [2.05, 4.69) is 20.8 Å². The highest BCUT2D eigenvalue weighted by molar-refractivity contribution is 4.99. The molecule has 4 unspecified atom stereocenters. The topological polar surface area (TPSA) is 55.5 Å². The predicted molar refractivity (Wildman–Crippen MR) is 57.0 cm³/mol. The van der Waals surface area contributed by atoms with Crippen LogP contribution in [0.15, 0.2) is 0 Å².